The third kappa shape index (κ3) is 6.25. The predicted molar refractivity (Wildman–Crippen MR) is 73.6 cm³/mol. The molecular weight excluding hydrogens is 244 g/mol. The lowest BCUT2D eigenvalue weighted by atomic mass is 10.1. The van der Waals surface area contributed by atoms with Gasteiger partial charge in [-0.25, -0.2) is 0 Å². The molecule has 106 valence electrons. The maximum atomic E-state index is 9.44. The number of ketones is 1. The second kappa shape index (κ2) is 8.53. The van der Waals surface area contributed by atoms with Crippen molar-refractivity contribution < 1.29 is 19.4 Å². The maximum absolute atomic E-state index is 9.44. The quantitative estimate of drug-likeness (QED) is 0.833. The molecule has 0 unspecified atom stereocenters. The third-order valence-corrected chi connectivity index (χ3v) is 2.56. The Kier molecular flexibility index (Phi) is 6.97. The lowest BCUT2D eigenvalue weighted by Crippen LogP contribution is -1.93. The number of carbonyl (C=O) groups excluding carboxylic acids is 1. The van der Waals surface area contributed by atoms with Crippen molar-refractivity contribution in [2.45, 2.75) is 39.5 Å². The number of aliphatic hydroxyl groups excluding tert-OH is 1. The molecule has 0 atom stereocenters. The van der Waals surface area contributed by atoms with Crippen LogP contribution in [0.5, 0.6) is 11.5 Å². The Morgan fingerprint density at radius 3 is 2.53 bits per heavy atom. The smallest absolute Gasteiger partial charge is 0.231 e. The number of aliphatic hydroxyl groups is 1. The molecule has 0 aromatic heterocycles. The fourth-order valence-corrected chi connectivity index (χ4v) is 1.71. The number of Topliss-reactive ketones (excluding diaryl/α,β-unsaturated/α-hetero) is 1. The fraction of sp³-hybridized carbons (Fsp3) is 0.533. The Balaban J connectivity index is 0.000000399. The van der Waals surface area contributed by atoms with Crippen LogP contribution in [0.3, 0.4) is 0 Å². The molecule has 0 amide bonds. The second-order valence-corrected chi connectivity index (χ2v) is 4.63. The number of hydrogen-bond donors (Lipinski definition) is 1. The van der Waals surface area contributed by atoms with Gasteiger partial charge in [-0.05, 0) is 50.8 Å². The zero-order valence-corrected chi connectivity index (χ0v) is 11.6. The van der Waals surface area contributed by atoms with E-state index in [4.69, 9.17) is 14.6 Å². The molecule has 0 fully saturated rings. The first kappa shape index (κ1) is 15.5. The number of rotatable bonds is 5. The molecule has 0 aliphatic carbocycles. The lowest BCUT2D eigenvalue weighted by molar-refractivity contribution is -0.114. The number of fused-ring (bicyclic) bond motifs is 1. The van der Waals surface area contributed by atoms with Gasteiger partial charge in [0.25, 0.3) is 0 Å². The van der Waals surface area contributed by atoms with E-state index in [9.17, 15) is 4.79 Å². The molecule has 1 N–H and O–H groups in total. The first-order chi connectivity index (χ1) is 9.13. The van der Waals surface area contributed by atoms with Gasteiger partial charge in [-0.3, -0.25) is 0 Å². The summed E-state index contributed by atoms with van der Waals surface area (Å²) >= 11 is 0. The molecule has 2 rings (SSSR count). The second-order valence-electron chi connectivity index (χ2n) is 4.63. The molecule has 19 heavy (non-hydrogen) atoms. The van der Waals surface area contributed by atoms with Crippen molar-refractivity contribution in [2.75, 3.05) is 13.4 Å². The summed E-state index contributed by atoms with van der Waals surface area (Å²) in [6, 6.07) is 6.08. The van der Waals surface area contributed by atoms with E-state index in [1.807, 2.05) is 12.1 Å². The summed E-state index contributed by atoms with van der Waals surface area (Å²) in [4.78, 5) is 9.44. The summed E-state index contributed by atoms with van der Waals surface area (Å²) in [6.07, 6.45) is 4.12. The predicted octanol–water partition coefficient (Wildman–Crippen LogP) is 2.72. The van der Waals surface area contributed by atoms with Gasteiger partial charge in [0.1, 0.15) is 5.78 Å². The molecule has 1 aromatic rings. The fourth-order valence-electron chi connectivity index (χ4n) is 1.71. The van der Waals surface area contributed by atoms with Crippen LogP contribution >= 0.6 is 0 Å². The van der Waals surface area contributed by atoms with Crippen LogP contribution in [-0.2, 0) is 11.2 Å². The Morgan fingerprint density at radius 1 is 1.16 bits per heavy atom. The van der Waals surface area contributed by atoms with Crippen LogP contribution in [0.2, 0.25) is 0 Å². The Morgan fingerprint density at radius 2 is 1.84 bits per heavy atom. The van der Waals surface area contributed by atoms with Gasteiger partial charge >= 0.3 is 0 Å². The van der Waals surface area contributed by atoms with E-state index in [0.29, 0.717) is 13.4 Å². The largest absolute Gasteiger partial charge is 0.454 e. The van der Waals surface area contributed by atoms with E-state index in [1.165, 1.54) is 19.4 Å². The van der Waals surface area contributed by atoms with Crippen LogP contribution in [0.4, 0.5) is 0 Å². The van der Waals surface area contributed by atoms with Gasteiger partial charge in [0.15, 0.2) is 11.5 Å². The van der Waals surface area contributed by atoms with E-state index in [2.05, 4.69) is 6.07 Å². The minimum Gasteiger partial charge on any atom is -0.454 e. The van der Waals surface area contributed by atoms with Crippen molar-refractivity contribution in [3.05, 3.63) is 23.8 Å². The zero-order valence-electron chi connectivity index (χ0n) is 11.6. The average Bonchev–Trinajstić information content (AvgIpc) is 2.81. The standard InChI is InChI=1S/C12H16O3.C3H6O/c13-7-3-1-2-4-10-5-6-11-12(8-10)15-9-14-11;1-3(2)4/h5-6,8,13H,1-4,7,9H2;1-2H3. The third-order valence-electron chi connectivity index (χ3n) is 2.56. The van der Waals surface area contributed by atoms with Gasteiger partial charge in [-0.2, -0.15) is 0 Å². The Hall–Kier alpha value is -1.55. The highest BCUT2D eigenvalue weighted by Crippen LogP contribution is 2.32. The van der Waals surface area contributed by atoms with Crippen molar-refractivity contribution in [1.29, 1.82) is 0 Å². The van der Waals surface area contributed by atoms with Gasteiger partial charge in [-0.15, -0.1) is 0 Å². The summed E-state index contributed by atoms with van der Waals surface area (Å²) in [5.41, 5.74) is 1.28. The number of ether oxygens (including phenoxy) is 2. The van der Waals surface area contributed by atoms with Crippen molar-refractivity contribution in [3.8, 4) is 11.5 Å². The van der Waals surface area contributed by atoms with Gasteiger partial charge in [0.2, 0.25) is 6.79 Å². The highest BCUT2D eigenvalue weighted by molar-refractivity contribution is 5.72. The molecule has 4 nitrogen and oxygen atoms in total. The molecule has 0 bridgehead atoms. The van der Waals surface area contributed by atoms with Crippen molar-refractivity contribution in [3.63, 3.8) is 0 Å². The SMILES string of the molecule is CC(C)=O.OCCCCCc1ccc2c(c1)OCO2. The lowest BCUT2D eigenvalue weighted by Gasteiger charge is -2.02. The maximum Gasteiger partial charge on any atom is 0.231 e. The number of aryl methyl sites for hydroxylation is 1. The molecule has 1 aliphatic rings. The first-order valence-electron chi connectivity index (χ1n) is 6.60. The van der Waals surface area contributed by atoms with Gasteiger partial charge in [0, 0.05) is 6.61 Å². The summed E-state index contributed by atoms with van der Waals surface area (Å²) in [6.45, 7) is 3.68. The first-order valence-corrected chi connectivity index (χ1v) is 6.60. The highest BCUT2D eigenvalue weighted by Gasteiger charge is 2.12. The summed E-state index contributed by atoms with van der Waals surface area (Å²) in [5, 5.41) is 8.65. The van der Waals surface area contributed by atoms with Crippen molar-refractivity contribution in [1.82, 2.24) is 0 Å². The molecule has 0 saturated heterocycles. The molecule has 0 radical (unpaired) electrons. The summed E-state index contributed by atoms with van der Waals surface area (Å²) in [5.74, 6) is 1.86. The average molecular weight is 266 g/mol. The molecular formula is C15H22O4. The number of benzene rings is 1. The van der Waals surface area contributed by atoms with Crippen LogP contribution in [0.1, 0.15) is 38.7 Å². The number of hydrogen-bond acceptors (Lipinski definition) is 4. The molecule has 0 saturated carbocycles. The molecule has 1 aliphatic heterocycles. The van der Waals surface area contributed by atoms with Crippen LogP contribution in [-0.4, -0.2) is 24.3 Å². The monoisotopic (exact) mass is 266 g/mol. The van der Waals surface area contributed by atoms with Gasteiger partial charge in [0.05, 0.1) is 0 Å². The number of carbonyl (C=O) groups is 1. The van der Waals surface area contributed by atoms with E-state index < -0.39 is 0 Å². The van der Waals surface area contributed by atoms with Gasteiger partial charge < -0.3 is 19.4 Å². The van der Waals surface area contributed by atoms with Crippen molar-refractivity contribution in [2.24, 2.45) is 0 Å². The molecule has 1 aromatic carbocycles. The van der Waals surface area contributed by atoms with E-state index >= 15 is 0 Å². The van der Waals surface area contributed by atoms with E-state index in [1.54, 1.807) is 0 Å². The minimum absolute atomic E-state index is 0.167. The Labute approximate surface area is 114 Å². The van der Waals surface area contributed by atoms with Crippen molar-refractivity contribution >= 4 is 5.78 Å². The number of unbranched alkanes of at least 4 members (excludes halogenated alkanes) is 2. The zero-order chi connectivity index (χ0) is 14.1. The summed E-state index contributed by atoms with van der Waals surface area (Å²) in [7, 11) is 0. The summed E-state index contributed by atoms with van der Waals surface area (Å²) < 4.78 is 10.5. The Bertz CT molecular complexity index is 397. The highest BCUT2D eigenvalue weighted by atomic mass is 16.7. The van der Waals surface area contributed by atoms with Gasteiger partial charge in [-0.1, -0.05) is 12.5 Å². The minimum atomic E-state index is 0.167. The molecule has 0 spiro atoms. The topological polar surface area (TPSA) is 55.8 Å². The molecule has 1 heterocycles. The van der Waals surface area contributed by atoms with Crippen LogP contribution < -0.4 is 9.47 Å². The van der Waals surface area contributed by atoms with Crippen LogP contribution in [0, 0.1) is 0 Å². The van der Waals surface area contributed by atoms with Crippen LogP contribution in [0.25, 0.3) is 0 Å². The normalized spacial score (nSPS) is 11.7. The van der Waals surface area contributed by atoms with E-state index in [-0.39, 0.29) is 5.78 Å². The van der Waals surface area contributed by atoms with Crippen LogP contribution in [0.15, 0.2) is 18.2 Å². The molecule has 4 heteroatoms. The van der Waals surface area contributed by atoms with E-state index in [0.717, 1.165) is 37.2 Å².